The van der Waals surface area contributed by atoms with Gasteiger partial charge in [-0.25, -0.2) is 4.79 Å². The van der Waals surface area contributed by atoms with Crippen LogP contribution in [0, 0.1) is 13.8 Å². The molecule has 0 atom stereocenters. The molecule has 22 heavy (non-hydrogen) atoms. The van der Waals surface area contributed by atoms with Gasteiger partial charge < -0.3 is 19.5 Å². The molecule has 1 aromatic carbocycles. The largest absolute Gasteiger partial charge is 0.496 e. The molecule has 1 N–H and O–H groups in total. The first kappa shape index (κ1) is 16.6. The number of nitrogens with zero attached hydrogens (tertiary/aromatic N) is 1. The highest BCUT2D eigenvalue weighted by Gasteiger charge is 2.48. The third-order valence-electron chi connectivity index (χ3n) is 3.69. The predicted molar refractivity (Wildman–Crippen MR) is 84.2 cm³/mol. The standard InChI is InChI=1S/C17H25NO4/c1-11-7-12(2)14(13(8-11)21-6)17(20)9-18(10-17)15(19)22-16(3,4)5/h7-8,20H,9-10H2,1-6H3. The highest BCUT2D eigenvalue weighted by molar-refractivity contribution is 5.70. The van der Waals surface area contributed by atoms with Crippen molar-refractivity contribution in [2.75, 3.05) is 20.2 Å². The molecule has 1 aromatic rings. The Morgan fingerprint density at radius 2 is 1.86 bits per heavy atom. The molecule has 1 aliphatic heterocycles. The van der Waals surface area contributed by atoms with Gasteiger partial charge in [0.1, 0.15) is 17.0 Å². The highest BCUT2D eigenvalue weighted by atomic mass is 16.6. The van der Waals surface area contributed by atoms with Crippen molar-refractivity contribution >= 4 is 6.09 Å². The van der Waals surface area contributed by atoms with Gasteiger partial charge in [-0.15, -0.1) is 0 Å². The van der Waals surface area contributed by atoms with Crippen molar-refractivity contribution in [2.45, 2.75) is 45.8 Å². The van der Waals surface area contributed by atoms with Gasteiger partial charge in [0.25, 0.3) is 0 Å². The van der Waals surface area contributed by atoms with Crippen molar-refractivity contribution in [3.8, 4) is 5.75 Å². The van der Waals surface area contributed by atoms with Crippen molar-refractivity contribution in [1.82, 2.24) is 4.90 Å². The minimum Gasteiger partial charge on any atom is -0.496 e. The van der Waals surface area contributed by atoms with E-state index in [4.69, 9.17) is 9.47 Å². The number of carbonyl (C=O) groups excluding carboxylic acids is 1. The first-order valence-corrected chi connectivity index (χ1v) is 7.42. The van der Waals surface area contributed by atoms with Gasteiger partial charge in [-0.05, 0) is 51.8 Å². The lowest BCUT2D eigenvalue weighted by Crippen LogP contribution is -2.62. The quantitative estimate of drug-likeness (QED) is 0.912. The lowest BCUT2D eigenvalue weighted by atomic mass is 9.82. The van der Waals surface area contributed by atoms with Crippen LogP contribution < -0.4 is 4.74 Å². The monoisotopic (exact) mass is 307 g/mol. The van der Waals surface area contributed by atoms with E-state index in [2.05, 4.69) is 0 Å². The number of hydrogen-bond donors (Lipinski definition) is 1. The molecule has 5 nitrogen and oxygen atoms in total. The molecule has 0 spiro atoms. The summed E-state index contributed by atoms with van der Waals surface area (Å²) in [7, 11) is 1.59. The second-order valence-electron chi connectivity index (χ2n) is 7.03. The lowest BCUT2D eigenvalue weighted by molar-refractivity contribution is -0.104. The van der Waals surface area contributed by atoms with E-state index in [0.717, 1.165) is 16.7 Å². The molecule has 5 heteroatoms. The van der Waals surface area contributed by atoms with E-state index in [1.54, 1.807) is 7.11 Å². The van der Waals surface area contributed by atoms with E-state index in [-0.39, 0.29) is 13.1 Å². The van der Waals surface area contributed by atoms with Gasteiger partial charge in [-0.1, -0.05) is 6.07 Å². The molecule has 1 aliphatic rings. The fourth-order valence-corrected chi connectivity index (χ4v) is 2.88. The van der Waals surface area contributed by atoms with Crippen LogP contribution in [0.5, 0.6) is 5.75 Å². The van der Waals surface area contributed by atoms with E-state index in [1.165, 1.54) is 4.90 Å². The lowest BCUT2D eigenvalue weighted by Gasteiger charge is -2.47. The van der Waals surface area contributed by atoms with Gasteiger partial charge in [0.2, 0.25) is 0 Å². The molecular formula is C17H25NO4. The fraction of sp³-hybridized carbons (Fsp3) is 0.588. The van der Waals surface area contributed by atoms with Crippen LogP contribution >= 0.6 is 0 Å². The first-order chi connectivity index (χ1) is 10.1. The second kappa shape index (κ2) is 5.47. The van der Waals surface area contributed by atoms with Crippen molar-refractivity contribution in [3.05, 3.63) is 28.8 Å². The summed E-state index contributed by atoms with van der Waals surface area (Å²) in [5.74, 6) is 0.656. The van der Waals surface area contributed by atoms with Crippen LogP contribution in [0.15, 0.2) is 12.1 Å². The van der Waals surface area contributed by atoms with Gasteiger partial charge in [0.05, 0.1) is 20.2 Å². The van der Waals surface area contributed by atoms with E-state index in [0.29, 0.717) is 5.75 Å². The summed E-state index contributed by atoms with van der Waals surface area (Å²) < 4.78 is 10.7. The topological polar surface area (TPSA) is 59.0 Å². The van der Waals surface area contributed by atoms with Gasteiger partial charge in [-0.2, -0.15) is 0 Å². The third kappa shape index (κ3) is 3.19. The van der Waals surface area contributed by atoms with Gasteiger partial charge in [0.15, 0.2) is 0 Å². The van der Waals surface area contributed by atoms with Crippen molar-refractivity contribution < 1.29 is 19.4 Å². The average molecular weight is 307 g/mol. The van der Waals surface area contributed by atoms with Crippen molar-refractivity contribution in [1.29, 1.82) is 0 Å². The predicted octanol–water partition coefficient (Wildman–Crippen LogP) is 2.75. The fourth-order valence-electron chi connectivity index (χ4n) is 2.88. The second-order valence-corrected chi connectivity index (χ2v) is 7.03. The SMILES string of the molecule is COc1cc(C)cc(C)c1C1(O)CN(C(=O)OC(C)(C)C)C1. The first-order valence-electron chi connectivity index (χ1n) is 7.42. The summed E-state index contributed by atoms with van der Waals surface area (Å²) in [4.78, 5) is 13.5. The Morgan fingerprint density at radius 1 is 1.27 bits per heavy atom. The van der Waals surface area contributed by atoms with Crippen LogP contribution in [0.3, 0.4) is 0 Å². The zero-order chi connectivity index (χ0) is 16.7. The molecule has 0 bridgehead atoms. The summed E-state index contributed by atoms with van der Waals surface area (Å²) in [5, 5.41) is 10.9. The molecule has 0 aliphatic carbocycles. The minimum atomic E-state index is -1.08. The molecule has 1 fully saturated rings. The van der Waals surface area contributed by atoms with Crippen molar-refractivity contribution in [2.24, 2.45) is 0 Å². The Bertz CT molecular complexity index is 583. The molecular weight excluding hydrogens is 282 g/mol. The Morgan fingerprint density at radius 3 is 2.36 bits per heavy atom. The Kier molecular flexibility index (Phi) is 4.13. The van der Waals surface area contributed by atoms with Gasteiger partial charge in [0, 0.05) is 5.56 Å². The molecule has 1 amide bonds. The third-order valence-corrected chi connectivity index (χ3v) is 3.69. The van der Waals surface area contributed by atoms with Crippen LogP contribution in [0.25, 0.3) is 0 Å². The van der Waals surface area contributed by atoms with Crippen LogP contribution in [0.1, 0.15) is 37.5 Å². The maximum absolute atomic E-state index is 12.0. The number of rotatable bonds is 2. The molecule has 122 valence electrons. The summed E-state index contributed by atoms with van der Waals surface area (Å²) in [5.41, 5.74) is 1.16. The summed E-state index contributed by atoms with van der Waals surface area (Å²) in [6.45, 7) is 9.82. The van der Waals surface area contributed by atoms with Gasteiger partial charge >= 0.3 is 6.09 Å². The zero-order valence-corrected chi connectivity index (χ0v) is 14.2. The van der Waals surface area contributed by atoms with Crippen LogP contribution in [0.4, 0.5) is 4.79 Å². The number of carbonyl (C=O) groups is 1. The molecule has 0 saturated carbocycles. The smallest absolute Gasteiger partial charge is 0.410 e. The number of benzene rings is 1. The Balaban J connectivity index is 2.18. The number of hydrogen-bond acceptors (Lipinski definition) is 4. The maximum atomic E-state index is 12.0. The number of likely N-dealkylation sites (tertiary alicyclic amines) is 1. The molecule has 0 radical (unpaired) electrons. The summed E-state index contributed by atoms with van der Waals surface area (Å²) >= 11 is 0. The highest BCUT2D eigenvalue weighted by Crippen LogP contribution is 2.40. The zero-order valence-electron chi connectivity index (χ0n) is 14.2. The molecule has 1 heterocycles. The Hall–Kier alpha value is -1.75. The minimum absolute atomic E-state index is 0.210. The normalized spacial score (nSPS) is 17.0. The van der Waals surface area contributed by atoms with E-state index >= 15 is 0 Å². The summed E-state index contributed by atoms with van der Waals surface area (Å²) in [6.07, 6.45) is -0.402. The number of methoxy groups -OCH3 is 1. The van der Waals surface area contributed by atoms with Crippen molar-refractivity contribution in [3.63, 3.8) is 0 Å². The number of amides is 1. The molecule has 1 saturated heterocycles. The van der Waals surface area contributed by atoms with E-state index < -0.39 is 17.3 Å². The number of ether oxygens (including phenoxy) is 2. The van der Waals surface area contributed by atoms with E-state index in [9.17, 15) is 9.90 Å². The average Bonchev–Trinajstić information content (AvgIpc) is 2.31. The number of aliphatic hydroxyl groups is 1. The Labute approximate surface area is 131 Å². The maximum Gasteiger partial charge on any atom is 0.410 e. The molecule has 0 aromatic heterocycles. The number of β-amino-alcohol motifs (C(OH)–C–C–N with tert-alkyl or cyclic N) is 1. The van der Waals surface area contributed by atoms with E-state index in [1.807, 2.05) is 46.8 Å². The molecule has 2 rings (SSSR count). The van der Waals surface area contributed by atoms with Crippen LogP contribution in [0.2, 0.25) is 0 Å². The van der Waals surface area contributed by atoms with Crippen LogP contribution in [-0.4, -0.2) is 41.9 Å². The number of aryl methyl sites for hydroxylation is 2. The van der Waals surface area contributed by atoms with Gasteiger partial charge in [-0.3, -0.25) is 0 Å². The summed E-state index contributed by atoms with van der Waals surface area (Å²) in [6, 6.07) is 3.91. The van der Waals surface area contributed by atoms with Crippen LogP contribution in [-0.2, 0) is 10.3 Å². The molecule has 0 unspecified atom stereocenters.